The molecule has 0 fully saturated rings. The SMILES string of the molecule is Nc1nccnc1Sc1ccncc1. The molecule has 0 atom stereocenters. The minimum Gasteiger partial charge on any atom is -0.381 e. The maximum atomic E-state index is 5.66. The standard InChI is InChI=1S/C9H8N4S/c10-8-9(13-6-5-12-8)14-7-1-3-11-4-2-7/h1-6H,(H2,10,12). The normalized spacial score (nSPS) is 10.0. The molecule has 0 aliphatic carbocycles. The lowest BCUT2D eigenvalue weighted by Gasteiger charge is -2.01. The first-order valence-electron chi connectivity index (χ1n) is 4.00. The zero-order chi connectivity index (χ0) is 9.80. The van der Waals surface area contributed by atoms with Gasteiger partial charge in [-0.15, -0.1) is 0 Å². The van der Waals surface area contributed by atoms with E-state index < -0.39 is 0 Å². The third-order valence-corrected chi connectivity index (χ3v) is 2.57. The predicted octanol–water partition coefficient (Wildman–Crippen LogP) is 1.60. The van der Waals surface area contributed by atoms with E-state index in [2.05, 4.69) is 15.0 Å². The molecule has 0 aliphatic heterocycles. The Balaban J connectivity index is 2.24. The monoisotopic (exact) mass is 204 g/mol. The fourth-order valence-electron chi connectivity index (χ4n) is 0.933. The summed E-state index contributed by atoms with van der Waals surface area (Å²) in [6, 6.07) is 3.80. The summed E-state index contributed by atoms with van der Waals surface area (Å²) in [5.74, 6) is 0.453. The lowest BCUT2D eigenvalue weighted by atomic mass is 10.5. The van der Waals surface area contributed by atoms with Crippen molar-refractivity contribution in [2.24, 2.45) is 0 Å². The van der Waals surface area contributed by atoms with E-state index in [4.69, 9.17) is 5.73 Å². The summed E-state index contributed by atoms with van der Waals surface area (Å²) in [6.45, 7) is 0. The van der Waals surface area contributed by atoms with Gasteiger partial charge in [-0.3, -0.25) is 4.98 Å². The van der Waals surface area contributed by atoms with Gasteiger partial charge in [0, 0.05) is 29.7 Å². The van der Waals surface area contributed by atoms with Gasteiger partial charge in [0.15, 0.2) is 5.82 Å². The lowest BCUT2D eigenvalue weighted by Crippen LogP contribution is -1.94. The molecule has 5 heteroatoms. The van der Waals surface area contributed by atoms with Crippen molar-refractivity contribution in [3.05, 3.63) is 36.9 Å². The molecular formula is C9H8N4S. The van der Waals surface area contributed by atoms with Crippen LogP contribution in [0.2, 0.25) is 0 Å². The topological polar surface area (TPSA) is 64.7 Å². The third-order valence-electron chi connectivity index (χ3n) is 1.56. The van der Waals surface area contributed by atoms with Crippen molar-refractivity contribution in [3.63, 3.8) is 0 Å². The molecule has 0 aromatic carbocycles. The molecule has 70 valence electrons. The van der Waals surface area contributed by atoms with Crippen LogP contribution in [0.4, 0.5) is 5.82 Å². The second kappa shape index (κ2) is 4.06. The first-order chi connectivity index (χ1) is 6.86. The summed E-state index contributed by atoms with van der Waals surface area (Å²) in [7, 11) is 0. The molecule has 4 nitrogen and oxygen atoms in total. The number of nitrogens with two attached hydrogens (primary N) is 1. The van der Waals surface area contributed by atoms with Crippen LogP contribution in [0.5, 0.6) is 0 Å². The fraction of sp³-hybridized carbons (Fsp3) is 0. The number of nitrogen functional groups attached to an aromatic ring is 1. The van der Waals surface area contributed by atoms with Crippen molar-refractivity contribution >= 4 is 17.6 Å². The van der Waals surface area contributed by atoms with Crippen molar-refractivity contribution in [2.75, 3.05) is 5.73 Å². The molecule has 0 saturated carbocycles. The number of hydrogen-bond donors (Lipinski definition) is 1. The fourth-order valence-corrected chi connectivity index (χ4v) is 1.68. The Hall–Kier alpha value is -1.62. The second-order valence-electron chi connectivity index (χ2n) is 2.53. The number of aromatic nitrogens is 3. The van der Waals surface area contributed by atoms with Gasteiger partial charge >= 0.3 is 0 Å². The highest BCUT2D eigenvalue weighted by Gasteiger charge is 2.02. The van der Waals surface area contributed by atoms with Crippen molar-refractivity contribution in [1.29, 1.82) is 0 Å². The van der Waals surface area contributed by atoms with Gasteiger partial charge < -0.3 is 5.73 Å². The number of hydrogen-bond acceptors (Lipinski definition) is 5. The highest BCUT2D eigenvalue weighted by atomic mass is 32.2. The quantitative estimate of drug-likeness (QED) is 0.805. The van der Waals surface area contributed by atoms with Gasteiger partial charge in [-0.25, -0.2) is 9.97 Å². The molecule has 2 heterocycles. The third kappa shape index (κ3) is 2.00. The summed E-state index contributed by atoms with van der Waals surface area (Å²) in [4.78, 5) is 13.1. The van der Waals surface area contributed by atoms with Crippen LogP contribution < -0.4 is 5.73 Å². The van der Waals surface area contributed by atoms with Gasteiger partial charge in [0.25, 0.3) is 0 Å². The summed E-state index contributed by atoms with van der Waals surface area (Å²) >= 11 is 1.48. The van der Waals surface area contributed by atoms with Crippen LogP contribution in [0.1, 0.15) is 0 Å². The molecule has 0 saturated heterocycles. The number of anilines is 1. The van der Waals surface area contributed by atoms with E-state index in [0.29, 0.717) is 5.82 Å². The van der Waals surface area contributed by atoms with Crippen LogP contribution in [-0.4, -0.2) is 15.0 Å². The first kappa shape index (κ1) is 8.96. The molecule has 2 aromatic rings. The van der Waals surface area contributed by atoms with E-state index >= 15 is 0 Å². The predicted molar refractivity (Wildman–Crippen MR) is 54.8 cm³/mol. The van der Waals surface area contributed by atoms with Crippen molar-refractivity contribution in [3.8, 4) is 0 Å². The van der Waals surface area contributed by atoms with Gasteiger partial charge in [-0.1, -0.05) is 11.8 Å². The summed E-state index contributed by atoms with van der Waals surface area (Å²) in [5, 5.41) is 0.721. The Morgan fingerprint density at radius 2 is 1.71 bits per heavy atom. The van der Waals surface area contributed by atoms with E-state index in [1.54, 1.807) is 24.8 Å². The van der Waals surface area contributed by atoms with Gasteiger partial charge in [0.05, 0.1) is 0 Å². The van der Waals surface area contributed by atoms with E-state index in [0.717, 1.165) is 9.92 Å². The Morgan fingerprint density at radius 3 is 2.43 bits per heavy atom. The summed E-state index contributed by atoms with van der Waals surface area (Å²) in [6.07, 6.45) is 6.66. The first-order valence-corrected chi connectivity index (χ1v) is 4.82. The highest BCUT2D eigenvalue weighted by molar-refractivity contribution is 7.99. The molecule has 0 unspecified atom stereocenters. The maximum absolute atomic E-state index is 5.66. The Morgan fingerprint density at radius 1 is 1.00 bits per heavy atom. The zero-order valence-electron chi connectivity index (χ0n) is 7.29. The molecular weight excluding hydrogens is 196 g/mol. The molecule has 2 rings (SSSR count). The van der Waals surface area contributed by atoms with E-state index in [1.807, 2.05) is 12.1 Å². The summed E-state index contributed by atoms with van der Waals surface area (Å²) in [5.41, 5.74) is 5.66. The van der Waals surface area contributed by atoms with Gasteiger partial charge in [-0.2, -0.15) is 0 Å². The highest BCUT2D eigenvalue weighted by Crippen LogP contribution is 2.27. The van der Waals surface area contributed by atoms with Crippen molar-refractivity contribution < 1.29 is 0 Å². The largest absolute Gasteiger partial charge is 0.381 e. The molecule has 2 aromatic heterocycles. The van der Waals surface area contributed by atoms with Gasteiger partial charge in [-0.05, 0) is 12.1 Å². The minimum atomic E-state index is 0.453. The molecule has 14 heavy (non-hydrogen) atoms. The smallest absolute Gasteiger partial charge is 0.156 e. The average molecular weight is 204 g/mol. The van der Waals surface area contributed by atoms with Crippen LogP contribution in [0.25, 0.3) is 0 Å². The van der Waals surface area contributed by atoms with E-state index in [9.17, 15) is 0 Å². The van der Waals surface area contributed by atoms with Gasteiger partial charge in [0.1, 0.15) is 5.03 Å². The average Bonchev–Trinajstić information content (AvgIpc) is 2.23. The Labute approximate surface area is 85.6 Å². The van der Waals surface area contributed by atoms with Crippen LogP contribution >= 0.6 is 11.8 Å². The minimum absolute atomic E-state index is 0.453. The van der Waals surface area contributed by atoms with Crippen LogP contribution in [0, 0.1) is 0 Å². The number of rotatable bonds is 2. The van der Waals surface area contributed by atoms with Gasteiger partial charge in [0.2, 0.25) is 0 Å². The lowest BCUT2D eigenvalue weighted by molar-refractivity contribution is 1.07. The van der Waals surface area contributed by atoms with Crippen LogP contribution in [0.15, 0.2) is 46.8 Å². The number of nitrogens with zero attached hydrogens (tertiary/aromatic N) is 3. The summed E-state index contributed by atoms with van der Waals surface area (Å²) < 4.78 is 0. The molecule has 2 N–H and O–H groups in total. The molecule has 0 bridgehead atoms. The molecule has 0 amide bonds. The van der Waals surface area contributed by atoms with E-state index in [1.165, 1.54) is 11.8 Å². The Bertz CT molecular complexity index is 418. The van der Waals surface area contributed by atoms with Crippen molar-refractivity contribution in [2.45, 2.75) is 9.92 Å². The second-order valence-corrected chi connectivity index (χ2v) is 3.59. The maximum Gasteiger partial charge on any atom is 0.156 e. The number of pyridine rings is 1. The van der Waals surface area contributed by atoms with Crippen molar-refractivity contribution in [1.82, 2.24) is 15.0 Å². The molecule has 0 aliphatic rings. The van der Waals surface area contributed by atoms with Crippen LogP contribution in [0.3, 0.4) is 0 Å². The van der Waals surface area contributed by atoms with Crippen LogP contribution in [-0.2, 0) is 0 Å². The Kier molecular flexibility index (Phi) is 2.60. The zero-order valence-corrected chi connectivity index (χ0v) is 8.11. The molecule has 0 radical (unpaired) electrons. The van der Waals surface area contributed by atoms with E-state index in [-0.39, 0.29) is 0 Å². The molecule has 0 spiro atoms.